The SMILES string of the molecule is C=C(C)NN=C(c1cccc([N+](=O)[O-])c1)C12CN3CN(CN(C3)C1)C2. The molecule has 0 amide bonds. The molecule has 0 radical (unpaired) electrons. The number of hydrogen-bond acceptors (Lipinski definition) is 7. The van der Waals surface area contributed by atoms with E-state index in [-0.39, 0.29) is 16.0 Å². The van der Waals surface area contributed by atoms with Crippen molar-refractivity contribution >= 4 is 11.4 Å². The van der Waals surface area contributed by atoms with Crippen LogP contribution in [0.1, 0.15) is 12.5 Å². The minimum Gasteiger partial charge on any atom is -0.283 e. The summed E-state index contributed by atoms with van der Waals surface area (Å²) in [4.78, 5) is 18.1. The van der Waals surface area contributed by atoms with E-state index in [1.165, 1.54) is 6.07 Å². The van der Waals surface area contributed by atoms with Crippen LogP contribution in [-0.4, -0.2) is 65.0 Å². The van der Waals surface area contributed by atoms with E-state index in [1.807, 2.05) is 13.0 Å². The van der Waals surface area contributed by atoms with E-state index in [0.717, 1.165) is 56.6 Å². The zero-order chi connectivity index (χ0) is 17.6. The molecule has 0 unspecified atom stereocenters. The summed E-state index contributed by atoms with van der Waals surface area (Å²) in [5.74, 6) is 0. The van der Waals surface area contributed by atoms with Crippen LogP contribution in [0.3, 0.4) is 0 Å². The zero-order valence-electron chi connectivity index (χ0n) is 14.3. The summed E-state index contributed by atoms with van der Waals surface area (Å²) in [7, 11) is 0. The molecule has 4 heterocycles. The molecular weight excluding hydrogens is 320 g/mol. The summed E-state index contributed by atoms with van der Waals surface area (Å²) in [6.45, 7) is 11.4. The Morgan fingerprint density at radius 3 is 2.36 bits per heavy atom. The highest BCUT2D eigenvalue weighted by molar-refractivity contribution is 6.06. The molecule has 0 atom stereocenters. The standard InChI is InChI=1S/C17H22N6O2/c1-13(2)18-19-16(14-4-3-5-15(6-14)23(24)25)17-7-20-10-21(8-17)12-22(9-17)11-20/h3-6,18H,1,7-12H2,2H3. The number of benzene rings is 1. The van der Waals surface area contributed by atoms with Crippen molar-refractivity contribution in [2.24, 2.45) is 10.5 Å². The molecule has 0 aromatic heterocycles. The van der Waals surface area contributed by atoms with Crippen molar-refractivity contribution < 1.29 is 4.92 Å². The van der Waals surface area contributed by atoms with Crippen molar-refractivity contribution in [3.63, 3.8) is 0 Å². The first-order valence-corrected chi connectivity index (χ1v) is 8.37. The molecule has 0 spiro atoms. The molecule has 1 N–H and O–H groups in total. The Balaban J connectivity index is 1.77. The molecule has 1 aromatic rings. The van der Waals surface area contributed by atoms with E-state index >= 15 is 0 Å². The number of hydrazone groups is 1. The van der Waals surface area contributed by atoms with E-state index < -0.39 is 0 Å². The van der Waals surface area contributed by atoms with Crippen molar-refractivity contribution in [2.45, 2.75) is 6.92 Å². The fourth-order valence-corrected chi connectivity index (χ4v) is 4.35. The average Bonchev–Trinajstić information content (AvgIpc) is 2.53. The molecule has 8 heteroatoms. The van der Waals surface area contributed by atoms with Crippen molar-refractivity contribution in [1.82, 2.24) is 20.1 Å². The van der Waals surface area contributed by atoms with Gasteiger partial charge in [-0.1, -0.05) is 18.7 Å². The van der Waals surface area contributed by atoms with Gasteiger partial charge in [0.2, 0.25) is 0 Å². The molecule has 25 heavy (non-hydrogen) atoms. The van der Waals surface area contributed by atoms with Gasteiger partial charge < -0.3 is 0 Å². The smallest absolute Gasteiger partial charge is 0.270 e. The maximum Gasteiger partial charge on any atom is 0.270 e. The van der Waals surface area contributed by atoms with Crippen LogP contribution in [0.2, 0.25) is 0 Å². The molecule has 4 bridgehead atoms. The molecule has 4 fully saturated rings. The molecule has 0 saturated carbocycles. The number of nitrogens with one attached hydrogen (secondary N) is 1. The first-order valence-electron chi connectivity index (χ1n) is 8.37. The van der Waals surface area contributed by atoms with Crippen LogP contribution in [0.15, 0.2) is 41.6 Å². The van der Waals surface area contributed by atoms with Gasteiger partial charge in [0.05, 0.1) is 36.1 Å². The van der Waals surface area contributed by atoms with Crippen molar-refractivity contribution in [3.05, 3.63) is 52.2 Å². The normalized spacial score (nSPS) is 33.3. The van der Waals surface area contributed by atoms with Gasteiger partial charge >= 0.3 is 0 Å². The fourth-order valence-electron chi connectivity index (χ4n) is 4.35. The lowest BCUT2D eigenvalue weighted by atomic mass is 9.74. The van der Waals surface area contributed by atoms with Crippen molar-refractivity contribution in [2.75, 3.05) is 39.6 Å². The average molecular weight is 342 g/mol. The van der Waals surface area contributed by atoms with Crippen LogP contribution in [0.5, 0.6) is 0 Å². The molecule has 132 valence electrons. The number of hydrogen-bond donors (Lipinski definition) is 1. The van der Waals surface area contributed by atoms with Gasteiger partial charge in [0.15, 0.2) is 0 Å². The number of rotatable bonds is 5. The van der Waals surface area contributed by atoms with Gasteiger partial charge in [-0.25, -0.2) is 0 Å². The van der Waals surface area contributed by atoms with Gasteiger partial charge in [0, 0.05) is 43.0 Å². The van der Waals surface area contributed by atoms with Crippen LogP contribution in [0.4, 0.5) is 5.69 Å². The van der Waals surface area contributed by atoms with Crippen molar-refractivity contribution in [3.8, 4) is 0 Å². The van der Waals surface area contributed by atoms with Crippen LogP contribution in [0.25, 0.3) is 0 Å². The van der Waals surface area contributed by atoms with E-state index in [1.54, 1.807) is 12.1 Å². The molecule has 5 rings (SSSR count). The Hall–Kier alpha value is -2.29. The number of nitro benzene ring substituents is 1. The molecule has 4 aliphatic heterocycles. The van der Waals surface area contributed by atoms with Gasteiger partial charge in [-0.2, -0.15) is 5.10 Å². The first-order chi connectivity index (χ1) is 11.9. The van der Waals surface area contributed by atoms with Crippen LogP contribution in [0, 0.1) is 15.5 Å². The Bertz CT molecular complexity index is 724. The molecule has 4 saturated heterocycles. The lowest BCUT2D eigenvalue weighted by molar-refractivity contribution is -0.384. The Morgan fingerprint density at radius 2 is 1.84 bits per heavy atom. The Morgan fingerprint density at radius 1 is 1.24 bits per heavy atom. The number of nitrogens with zero attached hydrogens (tertiary/aromatic N) is 5. The first kappa shape index (κ1) is 16.2. The van der Waals surface area contributed by atoms with E-state index in [4.69, 9.17) is 0 Å². The largest absolute Gasteiger partial charge is 0.283 e. The minimum atomic E-state index is -0.358. The quantitative estimate of drug-likeness (QED) is 0.493. The van der Waals surface area contributed by atoms with Crippen LogP contribution in [-0.2, 0) is 0 Å². The highest BCUT2D eigenvalue weighted by Gasteiger charge is 2.52. The van der Waals surface area contributed by atoms with Gasteiger partial charge in [-0.15, -0.1) is 0 Å². The third-order valence-electron chi connectivity index (χ3n) is 4.97. The van der Waals surface area contributed by atoms with E-state index in [2.05, 4.69) is 31.8 Å². The van der Waals surface area contributed by atoms with Crippen LogP contribution < -0.4 is 5.43 Å². The highest BCUT2D eigenvalue weighted by Crippen LogP contribution is 2.38. The van der Waals surface area contributed by atoms with Crippen molar-refractivity contribution in [1.29, 1.82) is 0 Å². The second-order valence-electron chi connectivity index (χ2n) is 7.35. The molecular formula is C17H22N6O2. The summed E-state index contributed by atoms with van der Waals surface area (Å²) < 4.78 is 0. The lowest BCUT2D eigenvalue weighted by Gasteiger charge is -2.60. The van der Waals surface area contributed by atoms with Gasteiger partial charge in [0.1, 0.15) is 0 Å². The predicted octanol–water partition coefficient (Wildman–Crippen LogP) is 1.23. The summed E-state index contributed by atoms with van der Waals surface area (Å²) in [5.41, 5.74) is 5.33. The fraction of sp³-hybridized carbons (Fsp3) is 0.471. The summed E-state index contributed by atoms with van der Waals surface area (Å²) >= 11 is 0. The highest BCUT2D eigenvalue weighted by atomic mass is 16.6. The van der Waals surface area contributed by atoms with Gasteiger partial charge in [-0.3, -0.25) is 30.2 Å². The molecule has 0 aliphatic carbocycles. The summed E-state index contributed by atoms with van der Waals surface area (Å²) in [5, 5.41) is 15.8. The van der Waals surface area contributed by atoms with Gasteiger partial charge in [-0.05, 0) is 6.92 Å². The summed E-state index contributed by atoms with van der Waals surface area (Å²) in [6, 6.07) is 6.77. The molecule has 4 aliphatic rings. The van der Waals surface area contributed by atoms with E-state index in [9.17, 15) is 10.1 Å². The third kappa shape index (κ3) is 2.92. The summed E-state index contributed by atoms with van der Waals surface area (Å²) in [6.07, 6.45) is 0. The second-order valence-corrected chi connectivity index (χ2v) is 7.35. The number of allylic oxidation sites excluding steroid dienone is 1. The topological polar surface area (TPSA) is 77.2 Å². The molecule has 1 aromatic carbocycles. The Labute approximate surface area is 146 Å². The second kappa shape index (κ2) is 5.91. The lowest BCUT2D eigenvalue weighted by Crippen LogP contribution is -2.74. The minimum absolute atomic E-state index is 0.0890. The third-order valence-corrected chi connectivity index (χ3v) is 4.97. The maximum atomic E-state index is 11.2. The predicted molar refractivity (Wildman–Crippen MR) is 94.7 cm³/mol. The molecule has 8 nitrogen and oxygen atoms in total. The maximum absolute atomic E-state index is 11.2. The zero-order valence-corrected chi connectivity index (χ0v) is 14.3. The van der Waals surface area contributed by atoms with Crippen LogP contribution >= 0.6 is 0 Å². The number of non-ortho nitro benzene ring substituents is 1. The monoisotopic (exact) mass is 342 g/mol. The number of nitro groups is 1. The van der Waals surface area contributed by atoms with E-state index in [0.29, 0.717) is 0 Å². The Kier molecular flexibility index (Phi) is 3.82. The van der Waals surface area contributed by atoms with Gasteiger partial charge in [0.25, 0.3) is 5.69 Å².